The van der Waals surface area contributed by atoms with Crippen molar-refractivity contribution in [3.63, 3.8) is 0 Å². The van der Waals surface area contributed by atoms with Gasteiger partial charge in [-0.3, -0.25) is 9.89 Å². The van der Waals surface area contributed by atoms with Crippen molar-refractivity contribution in [3.8, 4) is 0 Å². The summed E-state index contributed by atoms with van der Waals surface area (Å²) in [6.07, 6.45) is 0. The Morgan fingerprint density at radius 3 is 2.27 bits per heavy atom. The summed E-state index contributed by atoms with van der Waals surface area (Å²) in [5.41, 5.74) is 2.04. The second-order valence-electron chi connectivity index (χ2n) is 3.45. The lowest BCUT2D eigenvalue weighted by Crippen LogP contribution is -2.00. The standard InChI is InChI=1S/C11H12N2OS/c1-7-3-5-9(6-4-7)15-10-8(2)12-13-11(10)14/h3-6H,1-2H3,(H2,12,13,14). The predicted octanol–water partition coefficient (Wildman–Crippen LogP) is 2.47. The van der Waals surface area contributed by atoms with Crippen molar-refractivity contribution in [2.45, 2.75) is 23.6 Å². The Balaban J connectivity index is 2.29. The van der Waals surface area contributed by atoms with Gasteiger partial charge in [0.1, 0.15) is 0 Å². The van der Waals surface area contributed by atoms with Gasteiger partial charge in [-0.2, -0.15) is 0 Å². The SMILES string of the molecule is Cc1ccc(Sc2c(C)[nH][nH]c2=O)cc1. The van der Waals surface area contributed by atoms with Crippen molar-refractivity contribution in [3.05, 3.63) is 45.9 Å². The van der Waals surface area contributed by atoms with E-state index in [1.165, 1.54) is 17.3 Å². The van der Waals surface area contributed by atoms with Gasteiger partial charge in [-0.15, -0.1) is 0 Å². The molecule has 15 heavy (non-hydrogen) atoms. The topological polar surface area (TPSA) is 48.6 Å². The average molecular weight is 220 g/mol. The zero-order valence-electron chi connectivity index (χ0n) is 8.63. The first-order valence-corrected chi connectivity index (χ1v) is 5.50. The van der Waals surface area contributed by atoms with Crippen molar-refractivity contribution in [1.29, 1.82) is 0 Å². The number of aryl methyl sites for hydroxylation is 2. The van der Waals surface area contributed by atoms with Crippen LogP contribution in [0.5, 0.6) is 0 Å². The highest BCUT2D eigenvalue weighted by atomic mass is 32.2. The van der Waals surface area contributed by atoms with E-state index in [1.54, 1.807) is 0 Å². The van der Waals surface area contributed by atoms with Crippen LogP contribution in [-0.2, 0) is 0 Å². The van der Waals surface area contributed by atoms with Gasteiger partial charge in [0.15, 0.2) is 0 Å². The number of nitrogens with one attached hydrogen (secondary N) is 2. The minimum Gasteiger partial charge on any atom is -0.301 e. The third-order valence-corrected chi connectivity index (χ3v) is 3.35. The minimum atomic E-state index is -0.0573. The summed E-state index contributed by atoms with van der Waals surface area (Å²) in [4.78, 5) is 13.2. The summed E-state index contributed by atoms with van der Waals surface area (Å²) < 4.78 is 0. The van der Waals surface area contributed by atoms with Crippen LogP contribution >= 0.6 is 11.8 Å². The Labute approximate surface area is 91.9 Å². The van der Waals surface area contributed by atoms with E-state index in [2.05, 4.69) is 10.2 Å². The van der Waals surface area contributed by atoms with Gasteiger partial charge in [0, 0.05) is 10.6 Å². The second kappa shape index (κ2) is 3.98. The molecule has 0 spiro atoms. The molecule has 2 rings (SSSR count). The molecule has 1 aromatic heterocycles. The molecule has 0 radical (unpaired) electrons. The summed E-state index contributed by atoms with van der Waals surface area (Å²) >= 11 is 1.48. The molecular weight excluding hydrogens is 208 g/mol. The normalized spacial score (nSPS) is 10.5. The summed E-state index contributed by atoms with van der Waals surface area (Å²) in [5, 5.41) is 5.38. The number of benzene rings is 1. The molecule has 4 heteroatoms. The van der Waals surface area contributed by atoms with Crippen molar-refractivity contribution < 1.29 is 0 Å². The fraction of sp³-hybridized carbons (Fsp3) is 0.182. The van der Waals surface area contributed by atoms with E-state index in [9.17, 15) is 4.79 Å². The lowest BCUT2D eigenvalue weighted by Gasteiger charge is -1.99. The summed E-state index contributed by atoms with van der Waals surface area (Å²) in [7, 11) is 0. The molecule has 0 fully saturated rings. The summed E-state index contributed by atoms with van der Waals surface area (Å²) in [6, 6.07) is 8.12. The van der Waals surface area contributed by atoms with E-state index in [4.69, 9.17) is 0 Å². The molecule has 1 heterocycles. The fourth-order valence-corrected chi connectivity index (χ4v) is 2.14. The molecule has 2 N–H and O–H groups in total. The summed E-state index contributed by atoms with van der Waals surface area (Å²) in [5.74, 6) is 0. The maximum atomic E-state index is 11.4. The molecule has 0 aliphatic rings. The summed E-state index contributed by atoms with van der Waals surface area (Å²) in [6.45, 7) is 3.93. The third-order valence-electron chi connectivity index (χ3n) is 2.15. The third kappa shape index (κ3) is 2.15. The monoisotopic (exact) mass is 220 g/mol. The molecule has 0 aliphatic carbocycles. The van der Waals surface area contributed by atoms with Crippen LogP contribution < -0.4 is 5.56 Å². The smallest absolute Gasteiger partial charge is 0.278 e. The van der Waals surface area contributed by atoms with Gasteiger partial charge >= 0.3 is 0 Å². The highest BCUT2D eigenvalue weighted by molar-refractivity contribution is 7.99. The molecule has 0 saturated carbocycles. The Bertz CT molecular complexity index is 510. The van der Waals surface area contributed by atoms with Crippen LogP contribution in [-0.4, -0.2) is 10.2 Å². The van der Waals surface area contributed by atoms with Crippen LogP contribution in [0.2, 0.25) is 0 Å². The Hall–Kier alpha value is -1.42. The quantitative estimate of drug-likeness (QED) is 0.816. The largest absolute Gasteiger partial charge is 0.301 e. The van der Waals surface area contributed by atoms with Gasteiger partial charge in [0.25, 0.3) is 5.56 Å². The lowest BCUT2D eigenvalue weighted by molar-refractivity contribution is 1.02. The average Bonchev–Trinajstić information content (AvgIpc) is 2.53. The van der Waals surface area contributed by atoms with Gasteiger partial charge in [0.05, 0.1) is 4.90 Å². The van der Waals surface area contributed by atoms with Crippen molar-refractivity contribution in [2.24, 2.45) is 0 Å². The van der Waals surface area contributed by atoms with E-state index >= 15 is 0 Å². The van der Waals surface area contributed by atoms with Gasteiger partial charge in [-0.05, 0) is 26.0 Å². The first kappa shape index (κ1) is 10.1. The Morgan fingerprint density at radius 2 is 1.73 bits per heavy atom. The second-order valence-corrected chi connectivity index (χ2v) is 4.53. The van der Waals surface area contributed by atoms with Gasteiger partial charge in [0.2, 0.25) is 0 Å². The Kier molecular flexibility index (Phi) is 2.68. The molecule has 0 amide bonds. The van der Waals surface area contributed by atoms with Gasteiger partial charge < -0.3 is 5.10 Å². The van der Waals surface area contributed by atoms with E-state index in [1.807, 2.05) is 38.1 Å². The van der Waals surface area contributed by atoms with Crippen LogP contribution in [0.3, 0.4) is 0 Å². The maximum Gasteiger partial charge on any atom is 0.278 e. The van der Waals surface area contributed by atoms with E-state index in [0.29, 0.717) is 0 Å². The van der Waals surface area contributed by atoms with Crippen LogP contribution in [0.1, 0.15) is 11.3 Å². The molecule has 0 atom stereocenters. The van der Waals surface area contributed by atoms with Crippen molar-refractivity contribution in [1.82, 2.24) is 10.2 Å². The maximum absolute atomic E-state index is 11.4. The highest BCUT2D eigenvalue weighted by Crippen LogP contribution is 2.26. The molecule has 0 unspecified atom stereocenters. The number of H-pyrrole nitrogens is 2. The van der Waals surface area contributed by atoms with E-state index in [0.717, 1.165) is 15.5 Å². The van der Waals surface area contributed by atoms with Crippen LogP contribution in [0.4, 0.5) is 0 Å². The molecule has 2 aromatic rings. The highest BCUT2D eigenvalue weighted by Gasteiger charge is 2.07. The predicted molar refractivity (Wildman–Crippen MR) is 61.5 cm³/mol. The van der Waals surface area contributed by atoms with Crippen LogP contribution in [0.25, 0.3) is 0 Å². The lowest BCUT2D eigenvalue weighted by atomic mass is 10.2. The minimum absolute atomic E-state index is 0.0573. The molecule has 0 aliphatic heterocycles. The molecule has 0 bridgehead atoms. The van der Waals surface area contributed by atoms with Crippen molar-refractivity contribution in [2.75, 3.05) is 0 Å². The van der Waals surface area contributed by atoms with E-state index in [-0.39, 0.29) is 5.56 Å². The zero-order valence-corrected chi connectivity index (χ0v) is 9.44. The number of hydrogen-bond acceptors (Lipinski definition) is 2. The number of hydrogen-bond donors (Lipinski definition) is 2. The van der Waals surface area contributed by atoms with Crippen LogP contribution in [0, 0.1) is 13.8 Å². The van der Waals surface area contributed by atoms with Crippen LogP contribution in [0.15, 0.2) is 38.9 Å². The molecule has 78 valence electrons. The molecule has 3 nitrogen and oxygen atoms in total. The molecule has 1 aromatic carbocycles. The van der Waals surface area contributed by atoms with Crippen molar-refractivity contribution >= 4 is 11.8 Å². The van der Waals surface area contributed by atoms with Gasteiger partial charge in [-0.25, -0.2) is 0 Å². The first-order chi connectivity index (χ1) is 7.16. The first-order valence-electron chi connectivity index (χ1n) is 4.68. The number of rotatable bonds is 2. The number of aromatic amines is 2. The van der Waals surface area contributed by atoms with Gasteiger partial charge in [-0.1, -0.05) is 29.5 Å². The Morgan fingerprint density at radius 1 is 1.07 bits per heavy atom. The zero-order chi connectivity index (χ0) is 10.8. The van der Waals surface area contributed by atoms with E-state index < -0.39 is 0 Å². The number of aromatic nitrogens is 2. The molecular formula is C11H12N2OS. The molecule has 0 saturated heterocycles. The fourth-order valence-electron chi connectivity index (χ4n) is 1.28.